The molecule has 1 aliphatic rings. The Kier molecular flexibility index (Phi) is 12.7. The third-order valence-electron chi connectivity index (χ3n) is 8.12. The number of rotatable bonds is 13. The first-order valence-corrected chi connectivity index (χ1v) is 16.3. The van der Waals surface area contributed by atoms with Gasteiger partial charge in [-0.05, 0) is 61.6 Å². The Balaban J connectivity index is 1.38. The molecule has 1 fully saturated rings. The van der Waals surface area contributed by atoms with Crippen LogP contribution in [-0.2, 0) is 20.9 Å². The highest BCUT2D eigenvalue weighted by Crippen LogP contribution is 2.17. The van der Waals surface area contributed by atoms with E-state index >= 15 is 0 Å². The lowest BCUT2D eigenvalue weighted by molar-refractivity contribution is -0.129. The topological polar surface area (TPSA) is 130 Å². The quantitative estimate of drug-likeness (QED) is 0.237. The molecule has 0 saturated carbocycles. The van der Waals surface area contributed by atoms with Gasteiger partial charge in [-0.1, -0.05) is 82.3 Å². The Bertz CT molecular complexity index is 1480. The fraction of sp³-hybridized carbons (Fsp3) is 0.472. The van der Waals surface area contributed by atoms with Gasteiger partial charge >= 0.3 is 6.09 Å². The van der Waals surface area contributed by atoms with E-state index < -0.39 is 30.0 Å². The number of carbonyl (C=O) groups is 4. The average Bonchev–Trinajstić information content (AvgIpc) is 3.22. The summed E-state index contributed by atoms with van der Waals surface area (Å²) in [5, 5.41) is 9.67. The Morgan fingerprint density at radius 3 is 2.39 bits per heavy atom. The Labute approximate surface area is 271 Å². The zero-order valence-electron chi connectivity index (χ0n) is 27.3. The van der Waals surface area contributed by atoms with Crippen LogP contribution in [0.5, 0.6) is 0 Å². The van der Waals surface area contributed by atoms with Crippen molar-refractivity contribution in [2.45, 2.75) is 84.7 Å². The van der Waals surface area contributed by atoms with Crippen LogP contribution in [0.4, 0.5) is 4.79 Å². The minimum absolute atomic E-state index is 0.0783. The third kappa shape index (κ3) is 10.4. The summed E-state index contributed by atoms with van der Waals surface area (Å²) in [6, 6.07) is 18.9. The number of nitrogens with zero attached hydrogens (tertiary/aromatic N) is 2. The maximum absolute atomic E-state index is 13.5. The van der Waals surface area contributed by atoms with Crippen molar-refractivity contribution in [2.24, 2.45) is 11.8 Å². The van der Waals surface area contributed by atoms with Gasteiger partial charge in [0.2, 0.25) is 5.91 Å². The zero-order chi connectivity index (χ0) is 33.1. The van der Waals surface area contributed by atoms with Crippen molar-refractivity contribution in [3.63, 3.8) is 0 Å². The first-order valence-electron chi connectivity index (χ1n) is 16.3. The molecule has 0 bridgehead atoms. The van der Waals surface area contributed by atoms with Crippen molar-refractivity contribution in [1.82, 2.24) is 25.8 Å². The lowest BCUT2D eigenvalue weighted by atomic mass is 10.0. The monoisotopic (exact) mass is 629 g/mol. The zero-order valence-corrected chi connectivity index (χ0v) is 27.3. The molecule has 10 nitrogen and oxygen atoms in total. The third-order valence-corrected chi connectivity index (χ3v) is 8.12. The summed E-state index contributed by atoms with van der Waals surface area (Å²) in [4.78, 5) is 59.4. The molecule has 3 aromatic rings. The van der Waals surface area contributed by atoms with E-state index in [1.54, 1.807) is 6.07 Å². The lowest BCUT2D eigenvalue weighted by Crippen LogP contribution is -2.54. The van der Waals surface area contributed by atoms with Gasteiger partial charge in [-0.2, -0.15) is 0 Å². The number of likely N-dealkylation sites (tertiary alicyclic amines) is 1. The van der Waals surface area contributed by atoms with E-state index in [-0.39, 0.29) is 36.7 Å². The first kappa shape index (κ1) is 34.6. The highest BCUT2D eigenvalue weighted by Gasteiger charge is 2.33. The number of benzene rings is 2. The lowest BCUT2D eigenvalue weighted by Gasteiger charge is -2.31. The number of hydrogen-bond acceptors (Lipinski definition) is 7. The largest absolute Gasteiger partial charge is 0.445 e. The molecular weight excluding hydrogens is 582 g/mol. The van der Waals surface area contributed by atoms with Crippen LogP contribution in [0.15, 0.2) is 66.7 Å². The predicted molar refractivity (Wildman–Crippen MR) is 178 cm³/mol. The fourth-order valence-corrected chi connectivity index (χ4v) is 5.61. The average molecular weight is 630 g/mol. The summed E-state index contributed by atoms with van der Waals surface area (Å²) in [7, 11) is 0. The van der Waals surface area contributed by atoms with Gasteiger partial charge in [0, 0.05) is 11.9 Å². The Hall–Kier alpha value is -4.31. The SMILES string of the molecule is CC(C)CCC(NC(=O)OCc1ccccc1)N1CCCC(NC(=O)C(CC(C)C)NC(=O)c2ccc3ccccc3n2)C(=O)C1. The second-order valence-corrected chi connectivity index (χ2v) is 12.9. The van der Waals surface area contributed by atoms with Crippen LogP contribution in [0.1, 0.15) is 75.9 Å². The molecule has 2 aromatic carbocycles. The van der Waals surface area contributed by atoms with Gasteiger partial charge < -0.3 is 20.7 Å². The van der Waals surface area contributed by atoms with Crippen molar-refractivity contribution in [1.29, 1.82) is 0 Å². The van der Waals surface area contributed by atoms with Gasteiger partial charge in [0.1, 0.15) is 18.3 Å². The maximum Gasteiger partial charge on any atom is 0.408 e. The molecule has 4 rings (SSSR count). The molecule has 46 heavy (non-hydrogen) atoms. The van der Waals surface area contributed by atoms with Crippen LogP contribution in [0, 0.1) is 11.8 Å². The number of hydrogen-bond donors (Lipinski definition) is 3. The summed E-state index contributed by atoms with van der Waals surface area (Å²) in [5.74, 6) is -0.435. The Morgan fingerprint density at radius 2 is 1.65 bits per heavy atom. The number of ketones is 1. The predicted octanol–water partition coefficient (Wildman–Crippen LogP) is 5.22. The molecule has 1 aliphatic heterocycles. The van der Waals surface area contributed by atoms with Gasteiger partial charge in [-0.25, -0.2) is 9.78 Å². The van der Waals surface area contributed by atoms with E-state index in [4.69, 9.17) is 4.74 Å². The highest BCUT2D eigenvalue weighted by molar-refractivity contribution is 5.99. The fourth-order valence-electron chi connectivity index (χ4n) is 5.61. The molecule has 1 aromatic heterocycles. The standard InChI is InChI=1S/C36H47N5O5/c1-24(2)16-19-33(40-36(45)46-23-26-11-6-5-7-12-26)41-20-10-15-29(32(42)22-41)38-35(44)31(21-25(3)4)39-34(43)30-18-17-27-13-8-9-14-28(27)37-30/h5-9,11-14,17-18,24-25,29,31,33H,10,15-16,19-23H2,1-4H3,(H,38,44)(H,39,43)(H,40,45). The van der Waals surface area contributed by atoms with Gasteiger partial charge in [-0.3, -0.25) is 19.3 Å². The molecular formula is C36H47N5O5. The second kappa shape index (κ2) is 16.8. The number of alkyl carbamates (subject to hydrolysis) is 1. The number of amides is 3. The minimum Gasteiger partial charge on any atom is -0.445 e. The van der Waals surface area contributed by atoms with Crippen LogP contribution in [0.25, 0.3) is 10.9 Å². The number of aromatic nitrogens is 1. The molecule has 3 unspecified atom stereocenters. The molecule has 2 heterocycles. The van der Waals surface area contributed by atoms with E-state index in [9.17, 15) is 19.2 Å². The summed E-state index contributed by atoms with van der Waals surface area (Å²) in [6.45, 7) is 9.00. The van der Waals surface area contributed by atoms with Crippen LogP contribution < -0.4 is 16.0 Å². The maximum atomic E-state index is 13.5. The number of nitrogens with one attached hydrogen (secondary N) is 3. The first-order chi connectivity index (χ1) is 22.1. The van der Waals surface area contributed by atoms with Crippen molar-refractivity contribution in [3.8, 4) is 0 Å². The van der Waals surface area contributed by atoms with Crippen LogP contribution in [0.3, 0.4) is 0 Å². The van der Waals surface area contributed by atoms with Crippen molar-refractivity contribution >= 4 is 34.6 Å². The molecule has 3 N–H and O–H groups in total. The van der Waals surface area contributed by atoms with Gasteiger partial charge in [0.15, 0.2) is 5.78 Å². The van der Waals surface area contributed by atoms with E-state index in [2.05, 4.69) is 34.8 Å². The highest BCUT2D eigenvalue weighted by atomic mass is 16.5. The number of para-hydroxylation sites is 1. The Morgan fingerprint density at radius 1 is 0.913 bits per heavy atom. The number of carbonyl (C=O) groups excluding carboxylic acids is 4. The van der Waals surface area contributed by atoms with Crippen LogP contribution in [0.2, 0.25) is 0 Å². The minimum atomic E-state index is -0.826. The van der Waals surface area contributed by atoms with Crippen molar-refractivity contribution in [3.05, 3.63) is 78.0 Å². The summed E-state index contributed by atoms with van der Waals surface area (Å²) < 4.78 is 5.47. The van der Waals surface area contributed by atoms with Gasteiger partial charge in [0.25, 0.3) is 5.91 Å². The second-order valence-electron chi connectivity index (χ2n) is 12.9. The van der Waals surface area contributed by atoms with Gasteiger partial charge in [0.05, 0.1) is 24.3 Å². The van der Waals surface area contributed by atoms with E-state index in [1.807, 2.05) is 79.4 Å². The molecule has 1 saturated heterocycles. The van der Waals surface area contributed by atoms with E-state index in [1.165, 1.54) is 0 Å². The summed E-state index contributed by atoms with van der Waals surface area (Å²) in [5.41, 5.74) is 1.81. The molecule has 3 atom stereocenters. The van der Waals surface area contributed by atoms with Gasteiger partial charge in [-0.15, -0.1) is 0 Å². The number of pyridine rings is 1. The van der Waals surface area contributed by atoms with E-state index in [0.29, 0.717) is 43.7 Å². The van der Waals surface area contributed by atoms with Crippen LogP contribution in [-0.4, -0.2) is 64.9 Å². The molecule has 0 aliphatic carbocycles. The number of fused-ring (bicyclic) bond motifs is 1. The molecule has 0 radical (unpaired) electrons. The van der Waals surface area contributed by atoms with Crippen LogP contribution >= 0.6 is 0 Å². The van der Waals surface area contributed by atoms with E-state index in [0.717, 1.165) is 17.4 Å². The molecule has 3 amide bonds. The van der Waals surface area contributed by atoms with Crippen molar-refractivity contribution < 1.29 is 23.9 Å². The smallest absolute Gasteiger partial charge is 0.408 e. The summed E-state index contributed by atoms with van der Waals surface area (Å²) >= 11 is 0. The number of Topliss-reactive ketones (excluding diaryl/α,β-unsaturated/α-hetero) is 1. The molecule has 10 heteroatoms. The van der Waals surface area contributed by atoms with Crippen molar-refractivity contribution in [2.75, 3.05) is 13.1 Å². The normalized spacial score (nSPS) is 16.9. The number of ether oxygens (including phenoxy) is 1. The summed E-state index contributed by atoms with van der Waals surface area (Å²) in [6.07, 6.45) is 2.12. The molecule has 246 valence electrons. The molecule has 0 spiro atoms.